The summed E-state index contributed by atoms with van der Waals surface area (Å²) in [5.41, 5.74) is 2.05. The van der Waals surface area contributed by atoms with Crippen LogP contribution >= 0.6 is 27.7 Å². The predicted octanol–water partition coefficient (Wildman–Crippen LogP) is 4.84. The molecule has 0 unspecified atom stereocenters. The molecule has 2 aliphatic rings. The van der Waals surface area contributed by atoms with Gasteiger partial charge in [0.25, 0.3) is 0 Å². The minimum absolute atomic E-state index is 0.0281. The quantitative estimate of drug-likeness (QED) is 0.655. The number of nitrogens with zero attached hydrogens (tertiary/aromatic N) is 3. The maximum Gasteiger partial charge on any atom is 0.166 e. The van der Waals surface area contributed by atoms with Crippen molar-refractivity contribution in [3.63, 3.8) is 0 Å². The first-order valence-electron chi connectivity index (χ1n) is 9.04. The average molecular weight is 448 g/mol. The van der Waals surface area contributed by atoms with Crippen molar-refractivity contribution in [2.45, 2.75) is 31.2 Å². The zero-order valence-corrected chi connectivity index (χ0v) is 18.0. The first kappa shape index (κ1) is 18.6. The van der Waals surface area contributed by atoms with E-state index < -0.39 is 0 Å². The SMILES string of the molecule is CCOc1c(OC)cc(Br)cc1[C@@H]1[C@@H](c2ccccn2)N=C2S[C@H](C)CN21. The molecule has 3 heterocycles. The number of pyridine rings is 1. The molecule has 142 valence electrons. The Labute approximate surface area is 172 Å². The fourth-order valence-electron chi connectivity index (χ4n) is 3.71. The van der Waals surface area contributed by atoms with Gasteiger partial charge < -0.3 is 14.4 Å². The van der Waals surface area contributed by atoms with Crippen molar-refractivity contribution in [3.8, 4) is 11.5 Å². The van der Waals surface area contributed by atoms with Crippen LogP contribution < -0.4 is 9.47 Å². The number of amidine groups is 1. The summed E-state index contributed by atoms with van der Waals surface area (Å²) in [5, 5.41) is 1.60. The molecule has 2 aliphatic heterocycles. The fourth-order valence-corrected chi connectivity index (χ4v) is 5.26. The summed E-state index contributed by atoms with van der Waals surface area (Å²) < 4.78 is 12.6. The van der Waals surface area contributed by atoms with Crippen LogP contribution in [0.2, 0.25) is 0 Å². The lowest BCUT2D eigenvalue weighted by atomic mass is 9.95. The van der Waals surface area contributed by atoms with Gasteiger partial charge in [0.2, 0.25) is 0 Å². The largest absolute Gasteiger partial charge is 0.493 e. The van der Waals surface area contributed by atoms with E-state index in [-0.39, 0.29) is 12.1 Å². The van der Waals surface area contributed by atoms with Crippen LogP contribution in [-0.2, 0) is 0 Å². The number of hydrogen-bond acceptors (Lipinski definition) is 6. The Morgan fingerprint density at radius 1 is 1.33 bits per heavy atom. The van der Waals surface area contributed by atoms with Crippen LogP contribution in [0.25, 0.3) is 0 Å². The highest BCUT2D eigenvalue weighted by molar-refractivity contribution is 9.10. The second kappa shape index (κ2) is 7.72. The van der Waals surface area contributed by atoms with E-state index >= 15 is 0 Å². The lowest BCUT2D eigenvalue weighted by molar-refractivity contribution is 0.278. The molecule has 0 bridgehead atoms. The Morgan fingerprint density at radius 3 is 2.89 bits per heavy atom. The van der Waals surface area contributed by atoms with Crippen LogP contribution in [0, 0.1) is 0 Å². The molecule has 1 aromatic carbocycles. The molecule has 7 heteroatoms. The van der Waals surface area contributed by atoms with Gasteiger partial charge in [-0.1, -0.05) is 40.7 Å². The van der Waals surface area contributed by atoms with Crippen molar-refractivity contribution in [2.24, 2.45) is 4.99 Å². The summed E-state index contributed by atoms with van der Waals surface area (Å²) in [6.45, 7) is 5.76. The van der Waals surface area contributed by atoms with E-state index in [2.05, 4.69) is 38.8 Å². The topological polar surface area (TPSA) is 47.0 Å². The van der Waals surface area contributed by atoms with Crippen LogP contribution in [-0.4, -0.2) is 40.6 Å². The Balaban J connectivity index is 1.86. The van der Waals surface area contributed by atoms with E-state index in [0.29, 0.717) is 11.9 Å². The molecule has 0 N–H and O–H groups in total. The van der Waals surface area contributed by atoms with Crippen LogP contribution in [0.4, 0.5) is 0 Å². The molecule has 0 spiro atoms. The van der Waals surface area contributed by atoms with Gasteiger partial charge in [-0.3, -0.25) is 9.98 Å². The Kier molecular flexibility index (Phi) is 5.32. The number of hydrogen-bond donors (Lipinski definition) is 0. The number of thioether (sulfide) groups is 1. The van der Waals surface area contributed by atoms with Gasteiger partial charge >= 0.3 is 0 Å². The predicted molar refractivity (Wildman–Crippen MR) is 113 cm³/mol. The fraction of sp³-hybridized carbons (Fsp3) is 0.400. The van der Waals surface area contributed by atoms with E-state index in [4.69, 9.17) is 14.5 Å². The van der Waals surface area contributed by atoms with Crippen LogP contribution in [0.3, 0.4) is 0 Å². The number of halogens is 1. The monoisotopic (exact) mass is 447 g/mol. The van der Waals surface area contributed by atoms with E-state index in [1.807, 2.05) is 49.1 Å². The molecular formula is C20H22BrN3O2S. The minimum Gasteiger partial charge on any atom is -0.493 e. The molecule has 0 saturated carbocycles. The summed E-state index contributed by atoms with van der Waals surface area (Å²) in [4.78, 5) is 12.0. The molecule has 1 saturated heterocycles. The highest BCUT2D eigenvalue weighted by Crippen LogP contribution is 2.51. The number of fused-ring (bicyclic) bond motifs is 1. The number of benzene rings is 1. The summed E-state index contributed by atoms with van der Waals surface area (Å²) in [7, 11) is 1.68. The lowest BCUT2D eigenvalue weighted by Gasteiger charge is -2.29. The third-order valence-corrected chi connectivity index (χ3v) is 6.32. The van der Waals surface area contributed by atoms with E-state index in [1.54, 1.807) is 7.11 Å². The number of rotatable bonds is 5. The third-order valence-electron chi connectivity index (χ3n) is 4.76. The Morgan fingerprint density at radius 2 is 2.19 bits per heavy atom. The van der Waals surface area contributed by atoms with Gasteiger partial charge in [0.1, 0.15) is 6.04 Å². The van der Waals surface area contributed by atoms with Gasteiger partial charge in [0.05, 0.1) is 25.5 Å². The smallest absolute Gasteiger partial charge is 0.166 e. The molecular weight excluding hydrogens is 426 g/mol. The normalized spacial score (nSPS) is 23.9. The van der Waals surface area contributed by atoms with Crippen molar-refractivity contribution < 1.29 is 9.47 Å². The third kappa shape index (κ3) is 3.43. The molecule has 1 fully saturated rings. The van der Waals surface area contributed by atoms with Gasteiger partial charge in [-0.05, 0) is 31.2 Å². The molecule has 1 aromatic heterocycles. The van der Waals surface area contributed by atoms with Crippen molar-refractivity contribution in [1.82, 2.24) is 9.88 Å². The first-order valence-corrected chi connectivity index (χ1v) is 10.7. The summed E-state index contributed by atoms with van der Waals surface area (Å²) in [6, 6.07) is 10.0. The maximum absolute atomic E-state index is 6.04. The van der Waals surface area contributed by atoms with Crippen molar-refractivity contribution in [1.29, 1.82) is 0 Å². The molecule has 2 aromatic rings. The van der Waals surface area contributed by atoms with Gasteiger partial charge in [0, 0.05) is 28.0 Å². The minimum atomic E-state index is -0.0700. The second-order valence-corrected chi connectivity index (χ2v) is 8.92. The zero-order chi connectivity index (χ0) is 19.0. The Bertz CT molecular complexity index is 862. The van der Waals surface area contributed by atoms with E-state index in [1.165, 1.54) is 0 Å². The summed E-state index contributed by atoms with van der Waals surface area (Å²) >= 11 is 5.47. The standard InChI is InChI=1S/C20H22BrN3O2S/c1-4-26-19-14(9-13(21)10-16(19)25-3)18-17(15-7-5-6-8-22-15)23-20-24(18)11-12(2)27-20/h5-10,12,17-18H,4,11H2,1-3H3/t12-,17-,18-/m1/s1. The van der Waals surface area contributed by atoms with Gasteiger partial charge in [-0.15, -0.1) is 0 Å². The highest BCUT2D eigenvalue weighted by atomic mass is 79.9. The lowest BCUT2D eigenvalue weighted by Crippen LogP contribution is -2.29. The van der Waals surface area contributed by atoms with Gasteiger partial charge in [-0.2, -0.15) is 0 Å². The Hall–Kier alpha value is -1.73. The number of aromatic nitrogens is 1. The van der Waals surface area contributed by atoms with Crippen molar-refractivity contribution >= 4 is 32.9 Å². The van der Waals surface area contributed by atoms with Crippen LogP contribution in [0.5, 0.6) is 11.5 Å². The number of aliphatic imine (C=N–C) groups is 1. The molecule has 4 rings (SSSR count). The average Bonchev–Trinajstić information content (AvgIpc) is 3.19. The molecule has 5 nitrogen and oxygen atoms in total. The maximum atomic E-state index is 6.04. The highest BCUT2D eigenvalue weighted by Gasteiger charge is 2.45. The molecule has 27 heavy (non-hydrogen) atoms. The second-order valence-electron chi connectivity index (χ2n) is 6.60. The first-order chi connectivity index (χ1) is 13.1. The molecule has 0 amide bonds. The van der Waals surface area contributed by atoms with E-state index in [0.717, 1.165) is 38.9 Å². The molecule has 0 radical (unpaired) electrons. The van der Waals surface area contributed by atoms with Crippen molar-refractivity contribution in [3.05, 3.63) is 52.3 Å². The van der Waals surface area contributed by atoms with Crippen LogP contribution in [0.15, 0.2) is 46.0 Å². The number of methoxy groups -OCH3 is 1. The van der Waals surface area contributed by atoms with Gasteiger partial charge in [-0.25, -0.2) is 0 Å². The molecule has 0 aliphatic carbocycles. The molecule has 3 atom stereocenters. The number of ether oxygens (including phenoxy) is 2. The van der Waals surface area contributed by atoms with E-state index in [9.17, 15) is 0 Å². The summed E-state index contributed by atoms with van der Waals surface area (Å²) in [5.74, 6) is 1.52. The summed E-state index contributed by atoms with van der Waals surface area (Å²) in [6.07, 6.45) is 1.83. The van der Waals surface area contributed by atoms with Gasteiger partial charge in [0.15, 0.2) is 16.7 Å². The zero-order valence-electron chi connectivity index (χ0n) is 15.6. The van der Waals surface area contributed by atoms with Crippen LogP contribution in [0.1, 0.15) is 37.2 Å². The van der Waals surface area contributed by atoms with Crippen molar-refractivity contribution in [2.75, 3.05) is 20.3 Å².